The summed E-state index contributed by atoms with van der Waals surface area (Å²) in [6.45, 7) is 2.94. The number of halogens is 3. The van der Waals surface area contributed by atoms with Gasteiger partial charge in [-0.1, -0.05) is 6.07 Å². The number of nitrogen functional groups attached to an aromatic ring is 1. The van der Waals surface area contributed by atoms with Crippen LogP contribution in [0.1, 0.15) is 5.56 Å². The molecule has 0 bridgehead atoms. The van der Waals surface area contributed by atoms with Crippen LogP contribution in [0.3, 0.4) is 0 Å². The molecule has 0 aliphatic carbocycles. The smallest absolute Gasteiger partial charge is 0.405 e. The lowest BCUT2D eigenvalue weighted by atomic mass is 10.1. The van der Waals surface area contributed by atoms with Crippen LogP contribution >= 0.6 is 0 Å². The van der Waals surface area contributed by atoms with Gasteiger partial charge in [0.05, 0.1) is 13.2 Å². The standard InChI is InChI=1S/C12H15F3N2O2/c13-12(14,15)19-11-7-10(16)2-1-9(11)8-17-3-5-18-6-4-17/h1-2,7H,3-6,8,16H2. The fraction of sp³-hybridized carbons (Fsp3) is 0.500. The highest BCUT2D eigenvalue weighted by Gasteiger charge is 2.32. The fourth-order valence-electron chi connectivity index (χ4n) is 1.92. The molecule has 106 valence electrons. The number of hydrogen-bond donors (Lipinski definition) is 1. The minimum Gasteiger partial charge on any atom is -0.405 e. The van der Waals surface area contributed by atoms with Crippen molar-refractivity contribution in [3.8, 4) is 5.75 Å². The molecule has 1 aromatic carbocycles. The fourth-order valence-corrected chi connectivity index (χ4v) is 1.92. The summed E-state index contributed by atoms with van der Waals surface area (Å²) in [5.41, 5.74) is 6.21. The maximum absolute atomic E-state index is 12.3. The second-order valence-corrected chi connectivity index (χ2v) is 4.30. The van der Waals surface area contributed by atoms with Crippen LogP contribution in [0.15, 0.2) is 18.2 Å². The van der Waals surface area contributed by atoms with E-state index in [1.165, 1.54) is 6.07 Å². The number of ether oxygens (including phenoxy) is 2. The lowest BCUT2D eigenvalue weighted by molar-refractivity contribution is -0.275. The zero-order valence-corrected chi connectivity index (χ0v) is 10.2. The highest BCUT2D eigenvalue weighted by atomic mass is 19.4. The van der Waals surface area contributed by atoms with Gasteiger partial charge in [0, 0.05) is 37.0 Å². The molecule has 0 spiro atoms. The summed E-state index contributed by atoms with van der Waals surface area (Å²) in [5.74, 6) is -0.237. The molecule has 1 fully saturated rings. The summed E-state index contributed by atoms with van der Waals surface area (Å²) in [6, 6.07) is 4.33. The molecule has 1 aromatic rings. The number of nitrogens with two attached hydrogens (primary N) is 1. The molecule has 0 saturated carbocycles. The van der Waals surface area contributed by atoms with E-state index < -0.39 is 6.36 Å². The quantitative estimate of drug-likeness (QED) is 0.858. The van der Waals surface area contributed by atoms with Crippen molar-refractivity contribution in [3.05, 3.63) is 23.8 Å². The van der Waals surface area contributed by atoms with E-state index in [1.54, 1.807) is 12.1 Å². The average Bonchev–Trinajstić information content (AvgIpc) is 2.32. The van der Waals surface area contributed by atoms with E-state index in [2.05, 4.69) is 4.74 Å². The van der Waals surface area contributed by atoms with Crippen molar-refractivity contribution in [1.82, 2.24) is 4.90 Å². The molecule has 0 radical (unpaired) electrons. The molecule has 2 rings (SSSR count). The number of morpholine rings is 1. The maximum atomic E-state index is 12.3. The third-order valence-corrected chi connectivity index (χ3v) is 2.81. The van der Waals surface area contributed by atoms with Crippen LogP contribution in [-0.2, 0) is 11.3 Å². The first-order valence-corrected chi connectivity index (χ1v) is 5.88. The topological polar surface area (TPSA) is 47.7 Å². The first kappa shape index (κ1) is 14.0. The molecule has 19 heavy (non-hydrogen) atoms. The van der Waals surface area contributed by atoms with Gasteiger partial charge in [-0.3, -0.25) is 4.90 Å². The third kappa shape index (κ3) is 4.29. The van der Waals surface area contributed by atoms with Gasteiger partial charge in [0.1, 0.15) is 5.75 Å². The maximum Gasteiger partial charge on any atom is 0.573 e. The second kappa shape index (κ2) is 5.66. The molecular formula is C12H15F3N2O2. The molecule has 7 heteroatoms. The van der Waals surface area contributed by atoms with Crippen LogP contribution in [-0.4, -0.2) is 37.6 Å². The van der Waals surface area contributed by atoms with E-state index in [0.29, 0.717) is 38.4 Å². The number of anilines is 1. The minimum atomic E-state index is -4.71. The first-order valence-electron chi connectivity index (χ1n) is 5.88. The minimum absolute atomic E-state index is 0.237. The molecule has 0 aromatic heterocycles. The Labute approximate surface area is 108 Å². The normalized spacial score (nSPS) is 17.4. The Kier molecular flexibility index (Phi) is 4.16. The van der Waals surface area contributed by atoms with Crippen molar-refractivity contribution in [2.24, 2.45) is 0 Å². The zero-order valence-electron chi connectivity index (χ0n) is 10.2. The predicted molar refractivity (Wildman–Crippen MR) is 63.6 cm³/mol. The van der Waals surface area contributed by atoms with Crippen LogP contribution in [0.4, 0.5) is 18.9 Å². The van der Waals surface area contributed by atoms with E-state index in [-0.39, 0.29) is 11.4 Å². The van der Waals surface area contributed by atoms with Gasteiger partial charge in [0.25, 0.3) is 0 Å². The average molecular weight is 276 g/mol. The van der Waals surface area contributed by atoms with Crippen molar-refractivity contribution in [2.45, 2.75) is 12.9 Å². The molecule has 1 heterocycles. The van der Waals surface area contributed by atoms with Gasteiger partial charge >= 0.3 is 6.36 Å². The Balaban J connectivity index is 2.13. The van der Waals surface area contributed by atoms with Crippen LogP contribution in [0.5, 0.6) is 5.75 Å². The second-order valence-electron chi connectivity index (χ2n) is 4.30. The number of benzene rings is 1. The van der Waals surface area contributed by atoms with Gasteiger partial charge in [0.15, 0.2) is 0 Å². The highest BCUT2D eigenvalue weighted by molar-refractivity contribution is 5.48. The predicted octanol–water partition coefficient (Wildman–Crippen LogP) is 2.00. The van der Waals surface area contributed by atoms with Crippen molar-refractivity contribution in [1.29, 1.82) is 0 Å². The summed E-state index contributed by atoms with van der Waals surface area (Å²) in [6.07, 6.45) is -4.71. The van der Waals surface area contributed by atoms with Crippen LogP contribution < -0.4 is 10.5 Å². The molecule has 4 nitrogen and oxygen atoms in total. The molecule has 1 saturated heterocycles. The Bertz CT molecular complexity index is 431. The first-order chi connectivity index (χ1) is 8.94. The Morgan fingerprint density at radius 3 is 2.58 bits per heavy atom. The summed E-state index contributed by atoms with van der Waals surface area (Å²) in [7, 11) is 0. The summed E-state index contributed by atoms with van der Waals surface area (Å²) < 4.78 is 46.2. The number of nitrogens with zero attached hydrogens (tertiary/aromatic N) is 1. The summed E-state index contributed by atoms with van der Waals surface area (Å²) in [5, 5.41) is 0. The van der Waals surface area contributed by atoms with Crippen molar-refractivity contribution in [2.75, 3.05) is 32.0 Å². The Morgan fingerprint density at radius 2 is 1.95 bits per heavy atom. The lowest BCUT2D eigenvalue weighted by Crippen LogP contribution is -2.35. The SMILES string of the molecule is Nc1ccc(CN2CCOCC2)c(OC(F)(F)F)c1. The van der Waals surface area contributed by atoms with E-state index >= 15 is 0 Å². The molecule has 0 atom stereocenters. The van der Waals surface area contributed by atoms with Gasteiger partial charge in [-0.15, -0.1) is 13.2 Å². The van der Waals surface area contributed by atoms with E-state index in [4.69, 9.17) is 10.5 Å². The highest BCUT2D eigenvalue weighted by Crippen LogP contribution is 2.29. The molecule has 1 aliphatic heterocycles. The van der Waals surface area contributed by atoms with Crippen LogP contribution in [0.25, 0.3) is 0 Å². The molecule has 0 unspecified atom stereocenters. The number of rotatable bonds is 3. The molecule has 2 N–H and O–H groups in total. The summed E-state index contributed by atoms with van der Waals surface area (Å²) >= 11 is 0. The monoisotopic (exact) mass is 276 g/mol. The summed E-state index contributed by atoms with van der Waals surface area (Å²) in [4.78, 5) is 2.01. The van der Waals surface area contributed by atoms with E-state index in [9.17, 15) is 13.2 Å². The van der Waals surface area contributed by atoms with E-state index in [1.807, 2.05) is 4.90 Å². The van der Waals surface area contributed by atoms with Crippen LogP contribution in [0, 0.1) is 0 Å². The van der Waals surface area contributed by atoms with Crippen LogP contribution in [0.2, 0.25) is 0 Å². The largest absolute Gasteiger partial charge is 0.573 e. The number of hydrogen-bond acceptors (Lipinski definition) is 4. The van der Waals surface area contributed by atoms with Gasteiger partial charge in [-0.05, 0) is 6.07 Å². The molecular weight excluding hydrogens is 261 g/mol. The lowest BCUT2D eigenvalue weighted by Gasteiger charge is -2.27. The van der Waals surface area contributed by atoms with Crippen molar-refractivity contribution >= 4 is 5.69 Å². The van der Waals surface area contributed by atoms with Gasteiger partial charge in [-0.25, -0.2) is 0 Å². The Morgan fingerprint density at radius 1 is 1.26 bits per heavy atom. The number of alkyl halides is 3. The molecule has 1 aliphatic rings. The zero-order chi connectivity index (χ0) is 13.9. The van der Waals surface area contributed by atoms with Crippen molar-refractivity contribution < 1.29 is 22.6 Å². The van der Waals surface area contributed by atoms with Gasteiger partial charge in [-0.2, -0.15) is 0 Å². The van der Waals surface area contributed by atoms with Gasteiger partial charge < -0.3 is 15.2 Å². The van der Waals surface area contributed by atoms with Gasteiger partial charge in [0.2, 0.25) is 0 Å². The third-order valence-electron chi connectivity index (χ3n) is 2.81. The Hall–Kier alpha value is -1.47. The van der Waals surface area contributed by atoms with Crippen molar-refractivity contribution in [3.63, 3.8) is 0 Å². The van der Waals surface area contributed by atoms with E-state index in [0.717, 1.165) is 0 Å². The molecule has 0 amide bonds.